The molecule has 0 aliphatic carbocycles. The molecular weight excluding hydrogens is 374 g/mol. The van der Waals surface area contributed by atoms with Crippen molar-refractivity contribution in [1.29, 1.82) is 0 Å². The molecule has 2 aromatic rings. The number of ether oxygens (including phenoxy) is 2. The van der Waals surface area contributed by atoms with E-state index in [1.807, 2.05) is 34.5 Å². The standard InChI is InChI=1S/C18H22ClN3O3S/c1-24-12-17-20-16(13-26-17)18(23)22-8-6-21(7-9-22)10-11-25-15-4-2-14(19)3-5-15/h2-5,13H,6-12H2,1H3. The first-order valence-corrected chi connectivity index (χ1v) is 9.75. The highest BCUT2D eigenvalue weighted by atomic mass is 35.5. The first kappa shape index (κ1) is 19.1. The Labute approximate surface area is 162 Å². The molecule has 0 bridgehead atoms. The molecule has 1 aromatic carbocycles. The Morgan fingerprint density at radius 2 is 1.96 bits per heavy atom. The van der Waals surface area contributed by atoms with Crippen molar-refractivity contribution in [2.75, 3.05) is 46.4 Å². The Bertz CT molecular complexity index is 715. The molecule has 1 amide bonds. The molecule has 0 atom stereocenters. The zero-order valence-electron chi connectivity index (χ0n) is 14.7. The average Bonchev–Trinajstić information content (AvgIpc) is 3.12. The van der Waals surface area contributed by atoms with Crippen molar-refractivity contribution in [2.24, 2.45) is 0 Å². The molecule has 0 unspecified atom stereocenters. The van der Waals surface area contributed by atoms with Crippen LogP contribution in [0.2, 0.25) is 5.02 Å². The van der Waals surface area contributed by atoms with E-state index in [1.54, 1.807) is 7.11 Å². The lowest BCUT2D eigenvalue weighted by molar-refractivity contribution is 0.0615. The van der Waals surface area contributed by atoms with Gasteiger partial charge in [0.2, 0.25) is 0 Å². The minimum absolute atomic E-state index is 0.000618. The van der Waals surface area contributed by atoms with Crippen LogP contribution in [0, 0.1) is 0 Å². The molecule has 26 heavy (non-hydrogen) atoms. The van der Waals surface area contributed by atoms with Gasteiger partial charge in [0.25, 0.3) is 5.91 Å². The van der Waals surface area contributed by atoms with Gasteiger partial charge >= 0.3 is 0 Å². The van der Waals surface area contributed by atoms with Crippen LogP contribution in [0.4, 0.5) is 0 Å². The quantitative estimate of drug-likeness (QED) is 0.721. The maximum Gasteiger partial charge on any atom is 0.273 e. The molecule has 2 heterocycles. The van der Waals surface area contributed by atoms with Crippen LogP contribution in [0.25, 0.3) is 0 Å². The molecule has 0 saturated carbocycles. The van der Waals surface area contributed by atoms with Crippen LogP contribution < -0.4 is 4.74 Å². The van der Waals surface area contributed by atoms with Gasteiger partial charge in [0.1, 0.15) is 23.1 Å². The third kappa shape index (κ3) is 5.17. The smallest absolute Gasteiger partial charge is 0.273 e. The number of aromatic nitrogens is 1. The number of piperazine rings is 1. The zero-order chi connectivity index (χ0) is 18.4. The number of amides is 1. The molecule has 140 valence electrons. The lowest BCUT2D eigenvalue weighted by Crippen LogP contribution is -2.49. The van der Waals surface area contributed by atoms with E-state index in [0.717, 1.165) is 30.4 Å². The summed E-state index contributed by atoms with van der Waals surface area (Å²) in [6, 6.07) is 7.37. The van der Waals surface area contributed by atoms with E-state index in [2.05, 4.69) is 9.88 Å². The van der Waals surface area contributed by atoms with Crippen molar-refractivity contribution in [3.05, 3.63) is 45.4 Å². The molecule has 3 rings (SSSR count). The van der Waals surface area contributed by atoms with Crippen LogP contribution in [-0.4, -0.2) is 67.1 Å². The SMILES string of the molecule is COCc1nc(C(=O)N2CCN(CCOc3ccc(Cl)cc3)CC2)cs1. The molecule has 1 aliphatic heterocycles. The number of nitrogens with zero attached hydrogens (tertiary/aromatic N) is 3. The second kappa shape index (κ2) is 9.32. The number of methoxy groups -OCH3 is 1. The highest BCUT2D eigenvalue weighted by Gasteiger charge is 2.23. The normalized spacial score (nSPS) is 15.2. The maximum absolute atomic E-state index is 12.5. The first-order valence-electron chi connectivity index (χ1n) is 8.49. The molecular formula is C18H22ClN3O3S. The number of halogens is 1. The number of carbonyl (C=O) groups excluding carboxylic acids is 1. The summed E-state index contributed by atoms with van der Waals surface area (Å²) in [7, 11) is 1.62. The zero-order valence-corrected chi connectivity index (χ0v) is 16.3. The molecule has 6 nitrogen and oxygen atoms in total. The van der Waals surface area contributed by atoms with Gasteiger partial charge in [0.15, 0.2) is 0 Å². The lowest BCUT2D eigenvalue weighted by Gasteiger charge is -2.34. The van der Waals surface area contributed by atoms with Gasteiger partial charge < -0.3 is 14.4 Å². The second-order valence-electron chi connectivity index (χ2n) is 6.00. The maximum atomic E-state index is 12.5. The Morgan fingerprint density at radius 1 is 1.23 bits per heavy atom. The summed E-state index contributed by atoms with van der Waals surface area (Å²) in [6.45, 7) is 4.98. The predicted molar refractivity (Wildman–Crippen MR) is 102 cm³/mol. The molecule has 1 saturated heterocycles. The summed E-state index contributed by atoms with van der Waals surface area (Å²) in [4.78, 5) is 21.0. The van der Waals surface area contributed by atoms with Crippen molar-refractivity contribution in [2.45, 2.75) is 6.61 Å². The van der Waals surface area contributed by atoms with Crippen LogP contribution in [0.3, 0.4) is 0 Å². The van der Waals surface area contributed by atoms with Gasteiger partial charge in [-0.05, 0) is 24.3 Å². The minimum Gasteiger partial charge on any atom is -0.492 e. The fraction of sp³-hybridized carbons (Fsp3) is 0.444. The Morgan fingerprint density at radius 3 is 2.65 bits per heavy atom. The van der Waals surface area contributed by atoms with Gasteiger partial charge in [0, 0.05) is 50.2 Å². The number of benzene rings is 1. The summed E-state index contributed by atoms with van der Waals surface area (Å²) >= 11 is 7.32. The third-order valence-electron chi connectivity index (χ3n) is 4.19. The Balaban J connectivity index is 1.40. The molecule has 1 aliphatic rings. The molecule has 0 spiro atoms. The van der Waals surface area contributed by atoms with Crippen molar-refractivity contribution in [1.82, 2.24) is 14.8 Å². The molecule has 0 N–H and O–H groups in total. The topological polar surface area (TPSA) is 54.9 Å². The van der Waals surface area contributed by atoms with Crippen LogP contribution >= 0.6 is 22.9 Å². The van der Waals surface area contributed by atoms with Crippen LogP contribution in [-0.2, 0) is 11.3 Å². The van der Waals surface area contributed by atoms with E-state index in [4.69, 9.17) is 21.1 Å². The van der Waals surface area contributed by atoms with Gasteiger partial charge in [-0.15, -0.1) is 11.3 Å². The largest absolute Gasteiger partial charge is 0.492 e. The molecule has 0 radical (unpaired) electrons. The van der Waals surface area contributed by atoms with Crippen molar-refractivity contribution in [3.8, 4) is 5.75 Å². The Hall–Kier alpha value is -1.67. The first-order chi connectivity index (χ1) is 12.7. The van der Waals surface area contributed by atoms with Crippen molar-refractivity contribution < 1.29 is 14.3 Å². The molecule has 1 fully saturated rings. The van der Waals surface area contributed by atoms with Gasteiger partial charge in [-0.2, -0.15) is 0 Å². The fourth-order valence-electron chi connectivity index (χ4n) is 2.76. The van der Waals surface area contributed by atoms with Crippen LogP contribution in [0.15, 0.2) is 29.6 Å². The highest BCUT2D eigenvalue weighted by molar-refractivity contribution is 7.09. The van der Waals surface area contributed by atoms with Crippen molar-refractivity contribution in [3.63, 3.8) is 0 Å². The summed E-state index contributed by atoms with van der Waals surface area (Å²) in [5.74, 6) is 0.819. The molecule has 1 aromatic heterocycles. The van der Waals surface area contributed by atoms with E-state index in [9.17, 15) is 4.79 Å². The van der Waals surface area contributed by atoms with Gasteiger partial charge in [-0.1, -0.05) is 11.6 Å². The third-order valence-corrected chi connectivity index (χ3v) is 5.26. The summed E-state index contributed by atoms with van der Waals surface area (Å²) in [6.07, 6.45) is 0. The van der Waals surface area contributed by atoms with Gasteiger partial charge in [0.05, 0.1) is 6.61 Å². The Kier molecular flexibility index (Phi) is 6.85. The van der Waals surface area contributed by atoms with E-state index < -0.39 is 0 Å². The van der Waals surface area contributed by atoms with Crippen LogP contribution in [0.1, 0.15) is 15.5 Å². The van der Waals surface area contributed by atoms with E-state index in [1.165, 1.54) is 11.3 Å². The highest BCUT2D eigenvalue weighted by Crippen LogP contribution is 2.16. The number of carbonyl (C=O) groups is 1. The lowest BCUT2D eigenvalue weighted by atomic mass is 10.3. The van der Waals surface area contributed by atoms with Crippen molar-refractivity contribution >= 4 is 28.8 Å². The monoisotopic (exact) mass is 395 g/mol. The number of rotatable bonds is 7. The summed E-state index contributed by atoms with van der Waals surface area (Å²) < 4.78 is 10.8. The minimum atomic E-state index is 0.000618. The van der Waals surface area contributed by atoms with E-state index in [0.29, 0.717) is 37.0 Å². The summed E-state index contributed by atoms with van der Waals surface area (Å²) in [5.41, 5.74) is 0.515. The number of hydrogen-bond donors (Lipinski definition) is 0. The molecule has 8 heteroatoms. The number of hydrogen-bond acceptors (Lipinski definition) is 6. The van der Waals surface area contributed by atoms with E-state index in [-0.39, 0.29) is 5.91 Å². The second-order valence-corrected chi connectivity index (χ2v) is 7.37. The fourth-order valence-corrected chi connectivity index (χ4v) is 3.62. The summed E-state index contributed by atoms with van der Waals surface area (Å²) in [5, 5.41) is 3.34. The van der Waals surface area contributed by atoms with Crippen LogP contribution in [0.5, 0.6) is 5.75 Å². The van der Waals surface area contributed by atoms with Gasteiger partial charge in [-0.25, -0.2) is 4.98 Å². The average molecular weight is 396 g/mol. The predicted octanol–water partition coefficient (Wildman–Crippen LogP) is 2.78. The van der Waals surface area contributed by atoms with E-state index >= 15 is 0 Å². The number of thiazole rings is 1. The van der Waals surface area contributed by atoms with Gasteiger partial charge in [-0.3, -0.25) is 9.69 Å².